The highest BCUT2D eigenvalue weighted by Crippen LogP contribution is 2.16. The van der Waals surface area contributed by atoms with E-state index in [1.54, 1.807) is 6.92 Å². The number of carboxylic acids is 1. The lowest BCUT2D eigenvalue weighted by atomic mass is 10.1. The van der Waals surface area contributed by atoms with E-state index < -0.39 is 12.0 Å². The van der Waals surface area contributed by atoms with Crippen molar-refractivity contribution in [3.8, 4) is 0 Å². The molecule has 1 atom stereocenters. The highest BCUT2D eigenvalue weighted by atomic mass is 32.2. The number of aliphatic carboxylic acids is 1. The van der Waals surface area contributed by atoms with Crippen molar-refractivity contribution < 1.29 is 9.90 Å². The number of nitrogens with two attached hydrogens (primary N) is 1. The van der Waals surface area contributed by atoms with E-state index >= 15 is 0 Å². The van der Waals surface area contributed by atoms with Crippen LogP contribution in [-0.2, 0) is 4.79 Å². The lowest BCUT2D eigenvalue weighted by Gasteiger charge is -2.06. The van der Waals surface area contributed by atoms with Crippen molar-refractivity contribution in [2.24, 2.45) is 10.7 Å². The summed E-state index contributed by atoms with van der Waals surface area (Å²) in [6.45, 7) is 10.1. The molecule has 0 fully saturated rings. The van der Waals surface area contributed by atoms with Gasteiger partial charge >= 0.3 is 5.97 Å². The van der Waals surface area contributed by atoms with Crippen LogP contribution in [0.3, 0.4) is 0 Å². The summed E-state index contributed by atoms with van der Waals surface area (Å²) in [7, 11) is 0. The molecule has 3 N–H and O–H groups in total. The average molecular weight is 353 g/mol. The maximum Gasteiger partial charge on any atom is 0.329 e. The smallest absolute Gasteiger partial charge is 0.329 e. The predicted octanol–water partition coefficient (Wildman–Crippen LogP) is 4.93. The van der Waals surface area contributed by atoms with Gasteiger partial charge in [-0.25, -0.2) is 4.79 Å². The Bertz CT molecular complexity index is 511. The number of carboxylic acid groups (broad SMARTS) is 1. The molecule has 24 heavy (non-hydrogen) atoms. The summed E-state index contributed by atoms with van der Waals surface area (Å²) in [6.07, 6.45) is 8.79. The molecular formula is C19H32N2O2S. The van der Waals surface area contributed by atoms with Crippen molar-refractivity contribution >= 4 is 23.6 Å². The minimum Gasteiger partial charge on any atom is -0.480 e. The van der Waals surface area contributed by atoms with Crippen molar-refractivity contribution in [2.45, 2.75) is 66.3 Å². The third-order valence-corrected chi connectivity index (χ3v) is 4.38. The first kappa shape index (κ1) is 22.5. The minimum absolute atomic E-state index is 0.303. The van der Waals surface area contributed by atoms with Crippen molar-refractivity contribution in [1.29, 1.82) is 0 Å². The Morgan fingerprint density at radius 2 is 1.67 bits per heavy atom. The van der Waals surface area contributed by atoms with Gasteiger partial charge in [0, 0.05) is 5.75 Å². The van der Waals surface area contributed by atoms with E-state index in [0.717, 1.165) is 25.7 Å². The van der Waals surface area contributed by atoms with Gasteiger partial charge in [-0.15, -0.1) is 11.8 Å². The zero-order chi connectivity index (χ0) is 18.5. The lowest BCUT2D eigenvalue weighted by Crippen LogP contribution is -2.23. The lowest BCUT2D eigenvalue weighted by molar-refractivity contribution is -0.137. The number of hydrogen-bond acceptors (Lipinski definition) is 3. The highest BCUT2D eigenvalue weighted by molar-refractivity contribution is 8.02. The third-order valence-electron chi connectivity index (χ3n) is 3.31. The van der Waals surface area contributed by atoms with Crippen LogP contribution in [0.2, 0.25) is 0 Å². The first-order valence-corrected chi connectivity index (χ1v) is 9.36. The third kappa shape index (κ3) is 13.0. The molecule has 0 spiro atoms. The molecule has 0 heterocycles. The zero-order valence-electron chi connectivity index (χ0n) is 15.6. The standard InChI is InChI=1S/C19H32N2O2S/c1-14(2)8-6-9-15(3)10-7-11-16(4)12-24-13-18(19(22)23)21-17(5)20/h8,10,12,18H,6-7,9,11,13H2,1-5H3,(H2,20,21)(H,22,23). The molecule has 0 saturated carbocycles. The molecule has 5 heteroatoms. The Labute approximate surface area is 151 Å². The van der Waals surface area contributed by atoms with Crippen LogP contribution in [0.1, 0.15) is 60.3 Å². The van der Waals surface area contributed by atoms with E-state index in [9.17, 15) is 4.79 Å². The molecule has 136 valence electrons. The van der Waals surface area contributed by atoms with Crippen LogP contribution in [0, 0.1) is 0 Å². The van der Waals surface area contributed by atoms with E-state index in [2.05, 4.69) is 44.8 Å². The maximum atomic E-state index is 11.1. The van der Waals surface area contributed by atoms with Crippen LogP contribution in [0.25, 0.3) is 0 Å². The zero-order valence-corrected chi connectivity index (χ0v) is 16.4. The van der Waals surface area contributed by atoms with Gasteiger partial charge in [0.2, 0.25) is 0 Å². The first-order valence-electron chi connectivity index (χ1n) is 8.31. The molecule has 0 radical (unpaired) electrons. The topological polar surface area (TPSA) is 75.7 Å². The van der Waals surface area contributed by atoms with E-state index in [1.807, 2.05) is 5.41 Å². The Hall–Kier alpha value is -1.49. The average Bonchev–Trinajstić information content (AvgIpc) is 2.45. The van der Waals surface area contributed by atoms with Gasteiger partial charge in [0.1, 0.15) is 0 Å². The van der Waals surface area contributed by atoms with Gasteiger partial charge in [-0.3, -0.25) is 4.99 Å². The Morgan fingerprint density at radius 3 is 2.21 bits per heavy atom. The van der Waals surface area contributed by atoms with Gasteiger partial charge in [0.05, 0.1) is 5.84 Å². The molecule has 0 saturated heterocycles. The molecule has 0 aliphatic carbocycles. The van der Waals surface area contributed by atoms with Gasteiger partial charge < -0.3 is 10.8 Å². The summed E-state index contributed by atoms with van der Waals surface area (Å²) in [5, 5.41) is 11.1. The molecule has 1 unspecified atom stereocenters. The second-order valence-electron chi connectivity index (χ2n) is 6.33. The van der Waals surface area contributed by atoms with Gasteiger partial charge in [-0.2, -0.15) is 0 Å². The fraction of sp³-hybridized carbons (Fsp3) is 0.579. The second kappa shape index (κ2) is 12.9. The van der Waals surface area contributed by atoms with E-state index in [4.69, 9.17) is 10.8 Å². The Kier molecular flexibility index (Phi) is 12.1. The Morgan fingerprint density at radius 1 is 1.08 bits per heavy atom. The molecule has 0 rings (SSSR count). The maximum absolute atomic E-state index is 11.1. The van der Waals surface area contributed by atoms with Crippen LogP contribution in [0.5, 0.6) is 0 Å². The summed E-state index contributed by atoms with van der Waals surface area (Å²) >= 11 is 1.48. The number of carbonyl (C=O) groups is 1. The molecular weight excluding hydrogens is 320 g/mol. The molecule has 4 nitrogen and oxygen atoms in total. The van der Waals surface area contributed by atoms with Crippen LogP contribution in [0.15, 0.2) is 39.3 Å². The summed E-state index contributed by atoms with van der Waals surface area (Å²) in [5.41, 5.74) is 9.51. The minimum atomic E-state index is -0.937. The number of nitrogens with zero attached hydrogens (tertiary/aromatic N) is 1. The summed E-state index contributed by atoms with van der Waals surface area (Å²) in [6, 6.07) is -0.777. The summed E-state index contributed by atoms with van der Waals surface area (Å²) in [4.78, 5) is 15.0. The fourth-order valence-corrected chi connectivity index (χ4v) is 2.88. The monoisotopic (exact) mass is 352 g/mol. The molecule has 0 bridgehead atoms. The van der Waals surface area contributed by atoms with Crippen LogP contribution in [0.4, 0.5) is 0 Å². The number of aliphatic imine (C=N–C) groups is 1. The number of hydrogen-bond donors (Lipinski definition) is 2. The van der Waals surface area contributed by atoms with Crippen molar-refractivity contribution in [1.82, 2.24) is 0 Å². The number of rotatable bonds is 11. The number of allylic oxidation sites excluding steroid dienone is 5. The first-order chi connectivity index (χ1) is 11.2. The number of thioether (sulfide) groups is 1. The number of amidine groups is 1. The van der Waals surface area contributed by atoms with Crippen molar-refractivity contribution in [3.05, 3.63) is 34.3 Å². The SMILES string of the molecule is CC(C)=CCCC(C)=CCCC(C)=CSCC(N=C(C)N)C(=O)O. The highest BCUT2D eigenvalue weighted by Gasteiger charge is 2.15. The fourth-order valence-electron chi connectivity index (χ4n) is 1.99. The van der Waals surface area contributed by atoms with Crippen molar-refractivity contribution in [2.75, 3.05) is 5.75 Å². The quantitative estimate of drug-likeness (QED) is 0.314. The molecule has 0 aromatic rings. The summed E-state index contributed by atoms with van der Waals surface area (Å²) < 4.78 is 0. The van der Waals surface area contributed by atoms with E-state index in [1.165, 1.54) is 28.5 Å². The van der Waals surface area contributed by atoms with Gasteiger partial charge in [-0.05, 0) is 65.7 Å². The van der Waals surface area contributed by atoms with Crippen molar-refractivity contribution in [3.63, 3.8) is 0 Å². The van der Waals surface area contributed by atoms with Crippen LogP contribution < -0.4 is 5.73 Å². The molecule has 0 aromatic heterocycles. The van der Waals surface area contributed by atoms with Crippen LogP contribution >= 0.6 is 11.8 Å². The molecule has 0 amide bonds. The second-order valence-corrected chi connectivity index (χ2v) is 7.23. The van der Waals surface area contributed by atoms with Gasteiger partial charge in [0.25, 0.3) is 0 Å². The summed E-state index contributed by atoms with van der Waals surface area (Å²) in [5.74, 6) is -0.232. The van der Waals surface area contributed by atoms with Gasteiger partial charge in [0.15, 0.2) is 6.04 Å². The van der Waals surface area contributed by atoms with E-state index in [0.29, 0.717) is 11.6 Å². The predicted molar refractivity (Wildman–Crippen MR) is 107 cm³/mol. The normalized spacial score (nSPS) is 14.5. The van der Waals surface area contributed by atoms with Crippen LogP contribution in [-0.4, -0.2) is 28.7 Å². The molecule has 0 aliphatic rings. The molecule has 0 aliphatic heterocycles. The van der Waals surface area contributed by atoms with Gasteiger partial charge in [-0.1, -0.05) is 28.9 Å². The largest absolute Gasteiger partial charge is 0.480 e. The molecule has 0 aromatic carbocycles. The Balaban J connectivity index is 4.21. The van der Waals surface area contributed by atoms with E-state index in [-0.39, 0.29) is 0 Å².